The van der Waals surface area contributed by atoms with Crippen LogP contribution in [0.2, 0.25) is 0 Å². The zero-order chi connectivity index (χ0) is 6.24. The highest BCUT2D eigenvalue weighted by molar-refractivity contribution is 14.1. The number of rotatable bonds is 4. The van der Waals surface area contributed by atoms with Crippen molar-refractivity contribution in [3.63, 3.8) is 0 Å². The zero-order valence-corrected chi connectivity index (χ0v) is 7.52. The molecule has 0 saturated heterocycles. The molecule has 0 heterocycles. The van der Waals surface area contributed by atoms with Crippen molar-refractivity contribution in [3.8, 4) is 0 Å². The predicted molar refractivity (Wildman–Crippen MR) is 47.6 cm³/mol. The van der Waals surface area contributed by atoms with Crippen LogP contribution >= 0.6 is 22.6 Å². The molecule has 0 atom stereocenters. The second kappa shape index (κ2) is 7.47. The van der Waals surface area contributed by atoms with Crippen LogP contribution in [-0.4, -0.2) is 4.43 Å². The molecule has 0 saturated carbocycles. The molecule has 0 aliphatic carbocycles. The van der Waals surface area contributed by atoms with Gasteiger partial charge in [-0.3, -0.25) is 0 Å². The van der Waals surface area contributed by atoms with E-state index in [0.29, 0.717) is 0 Å². The summed E-state index contributed by atoms with van der Waals surface area (Å²) >= 11 is 2.41. The van der Waals surface area contributed by atoms with Crippen molar-refractivity contribution in [1.82, 2.24) is 0 Å². The quantitative estimate of drug-likeness (QED) is 0.298. The van der Waals surface area contributed by atoms with Crippen LogP contribution in [0.3, 0.4) is 0 Å². The normalized spacial score (nSPS) is 10.8. The fourth-order valence-corrected chi connectivity index (χ4v) is 0.920. The van der Waals surface area contributed by atoms with Crippen molar-refractivity contribution in [3.05, 3.63) is 12.2 Å². The lowest BCUT2D eigenvalue weighted by Crippen LogP contribution is -1.68. The number of alkyl halides is 1. The molecule has 0 aromatic carbocycles. The van der Waals surface area contributed by atoms with E-state index in [9.17, 15) is 0 Å². The molecule has 0 rings (SSSR count). The minimum Gasteiger partial charge on any atom is -0.0888 e. The number of halogens is 1. The van der Waals surface area contributed by atoms with Gasteiger partial charge in [0.1, 0.15) is 0 Å². The van der Waals surface area contributed by atoms with Gasteiger partial charge in [-0.25, -0.2) is 0 Å². The topological polar surface area (TPSA) is 0 Å². The molecule has 0 unspecified atom stereocenters. The van der Waals surface area contributed by atoms with Crippen LogP contribution in [-0.2, 0) is 0 Å². The van der Waals surface area contributed by atoms with E-state index in [-0.39, 0.29) is 0 Å². The van der Waals surface area contributed by atoms with Crippen LogP contribution in [0.15, 0.2) is 12.2 Å². The summed E-state index contributed by atoms with van der Waals surface area (Å²) in [7, 11) is 0. The third-order valence-corrected chi connectivity index (χ3v) is 1.67. The van der Waals surface area contributed by atoms with Gasteiger partial charge in [0.25, 0.3) is 0 Å². The number of hydrogen-bond donors (Lipinski definition) is 0. The van der Waals surface area contributed by atoms with Crippen molar-refractivity contribution in [2.24, 2.45) is 0 Å². The molecular weight excluding hydrogens is 211 g/mol. The fourth-order valence-electron chi connectivity index (χ4n) is 0.480. The van der Waals surface area contributed by atoms with E-state index in [0.717, 1.165) is 0 Å². The molecule has 0 nitrogen and oxygen atoms in total. The Balaban J connectivity index is 2.80. The zero-order valence-electron chi connectivity index (χ0n) is 5.36. The second-order valence-corrected chi connectivity index (χ2v) is 2.79. The summed E-state index contributed by atoms with van der Waals surface area (Å²) in [5, 5.41) is 0. The van der Waals surface area contributed by atoms with Gasteiger partial charge in [-0.2, -0.15) is 0 Å². The van der Waals surface area contributed by atoms with Crippen molar-refractivity contribution < 1.29 is 0 Å². The Morgan fingerprint density at radius 3 is 2.62 bits per heavy atom. The maximum atomic E-state index is 2.41. The standard InChI is InChI=1S/C7H13I/c1-2-3-4-5-6-7-8/h3-4H,2,5-7H2,1H3/b4-3-. The first-order valence-corrected chi connectivity index (χ1v) is 4.65. The molecule has 0 aliphatic heterocycles. The Morgan fingerprint density at radius 2 is 2.12 bits per heavy atom. The third-order valence-electron chi connectivity index (χ3n) is 0.907. The van der Waals surface area contributed by atoms with Crippen LogP contribution in [0, 0.1) is 0 Å². The van der Waals surface area contributed by atoms with Crippen LogP contribution in [0.4, 0.5) is 0 Å². The van der Waals surface area contributed by atoms with Gasteiger partial charge >= 0.3 is 0 Å². The van der Waals surface area contributed by atoms with E-state index in [1.165, 1.54) is 23.7 Å². The molecule has 0 bridgehead atoms. The highest BCUT2D eigenvalue weighted by Crippen LogP contribution is 1.95. The molecule has 1 heteroatoms. The van der Waals surface area contributed by atoms with Crippen LogP contribution in [0.1, 0.15) is 26.2 Å². The summed E-state index contributed by atoms with van der Waals surface area (Å²) in [4.78, 5) is 0. The van der Waals surface area contributed by atoms with E-state index < -0.39 is 0 Å². The number of allylic oxidation sites excluding steroid dienone is 2. The molecule has 0 aromatic rings. The molecule has 0 radical (unpaired) electrons. The number of hydrogen-bond acceptors (Lipinski definition) is 0. The Kier molecular flexibility index (Phi) is 7.91. The minimum absolute atomic E-state index is 1.18. The van der Waals surface area contributed by atoms with E-state index in [4.69, 9.17) is 0 Å². The molecule has 8 heavy (non-hydrogen) atoms. The van der Waals surface area contributed by atoms with Gasteiger partial charge in [-0.05, 0) is 23.7 Å². The molecule has 0 N–H and O–H groups in total. The van der Waals surface area contributed by atoms with Gasteiger partial charge in [0.15, 0.2) is 0 Å². The maximum Gasteiger partial charge on any atom is -0.000178 e. The van der Waals surface area contributed by atoms with Crippen molar-refractivity contribution in [2.75, 3.05) is 4.43 Å². The Morgan fingerprint density at radius 1 is 1.38 bits per heavy atom. The average Bonchev–Trinajstić information content (AvgIpc) is 1.81. The Bertz CT molecular complexity index is 57.4. The first-order valence-electron chi connectivity index (χ1n) is 3.12. The highest BCUT2D eigenvalue weighted by atomic mass is 127. The summed E-state index contributed by atoms with van der Waals surface area (Å²) < 4.78 is 1.28. The Hall–Kier alpha value is 0.470. The van der Waals surface area contributed by atoms with Gasteiger partial charge in [0.2, 0.25) is 0 Å². The molecule has 0 aliphatic rings. The van der Waals surface area contributed by atoms with Gasteiger partial charge in [0, 0.05) is 0 Å². The second-order valence-electron chi connectivity index (χ2n) is 1.71. The highest BCUT2D eigenvalue weighted by Gasteiger charge is 1.75. The van der Waals surface area contributed by atoms with Gasteiger partial charge < -0.3 is 0 Å². The molecular formula is C7H13I. The molecule has 0 fully saturated rings. The van der Waals surface area contributed by atoms with Crippen LogP contribution in [0.25, 0.3) is 0 Å². The Labute approximate surface area is 65.5 Å². The summed E-state index contributed by atoms with van der Waals surface area (Å²) in [5.74, 6) is 0. The number of unbranched alkanes of at least 4 members (excludes halogenated alkanes) is 1. The summed E-state index contributed by atoms with van der Waals surface area (Å²) in [6.07, 6.45) is 8.26. The molecule has 0 spiro atoms. The third kappa shape index (κ3) is 6.47. The van der Waals surface area contributed by atoms with E-state index in [2.05, 4.69) is 41.7 Å². The summed E-state index contributed by atoms with van der Waals surface area (Å²) in [5.41, 5.74) is 0. The van der Waals surface area contributed by atoms with Gasteiger partial charge in [0.05, 0.1) is 0 Å². The lowest BCUT2D eigenvalue weighted by atomic mass is 10.3. The van der Waals surface area contributed by atoms with Crippen molar-refractivity contribution >= 4 is 22.6 Å². The van der Waals surface area contributed by atoms with Crippen LogP contribution in [0.5, 0.6) is 0 Å². The largest absolute Gasteiger partial charge is 0.0888 e. The average molecular weight is 224 g/mol. The SMILES string of the molecule is CC/C=C\CCCI. The maximum absolute atomic E-state index is 2.41. The van der Waals surface area contributed by atoms with Gasteiger partial charge in [-0.15, -0.1) is 0 Å². The van der Waals surface area contributed by atoms with E-state index in [1.54, 1.807) is 0 Å². The first-order chi connectivity index (χ1) is 3.91. The lowest BCUT2D eigenvalue weighted by Gasteiger charge is -1.84. The van der Waals surface area contributed by atoms with Crippen molar-refractivity contribution in [2.45, 2.75) is 26.2 Å². The molecule has 0 aromatic heterocycles. The fraction of sp³-hybridized carbons (Fsp3) is 0.714. The minimum atomic E-state index is 1.18. The predicted octanol–water partition coefficient (Wildman–Crippen LogP) is 3.17. The monoisotopic (exact) mass is 224 g/mol. The van der Waals surface area contributed by atoms with Crippen molar-refractivity contribution in [1.29, 1.82) is 0 Å². The van der Waals surface area contributed by atoms with Crippen LogP contribution < -0.4 is 0 Å². The first kappa shape index (κ1) is 8.47. The summed E-state index contributed by atoms with van der Waals surface area (Å²) in [6, 6.07) is 0. The molecule has 0 amide bonds. The van der Waals surface area contributed by atoms with E-state index >= 15 is 0 Å². The smallest absolute Gasteiger partial charge is 0.000178 e. The summed E-state index contributed by atoms with van der Waals surface area (Å²) in [6.45, 7) is 2.17. The molecule has 48 valence electrons. The van der Waals surface area contributed by atoms with E-state index in [1.807, 2.05) is 0 Å². The lowest BCUT2D eigenvalue weighted by molar-refractivity contribution is 0.978. The van der Waals surface area contributed by atoms with Gasteiger partial charge in [-0.1, -0.05) is 41.7 Å².